The van der Waals surface area contributed by atoms with Gasteiger partial charge in [-0.2, -0.15) is 0 Å². The van der Waals surface area contributed by atoms with Crippen LogP contribution >= 0.6 is 23.4 Å². The molecule has 1 amide bonds. The Kier molecular flexibility index (Phi) is 7.48. The first-order valence-electron chi connectivity index (χ1n) is 9.15. The maximum atomic E-state index is 12.4. The number of carbonyl (C=O) groups is 1. The van der Waals surface area contributed by atoms with Crippen molar-refractivity contribution in [3.8, 4) is 5.75 Å². The molecule has 3 rings (SSSR count). The van der Waals surface area contributed by atoms with E-state index in [2.05, 4.69) is 20.8 Å². The van der Waals surface area contributed by atoms with E-state index in [1.165, 1.54) is 11.8 Å². The first kappa shape index (κ1) is 21.1. The topological polar surface area (TPSA) is 81.9 Å². The summed E-state index contributed by atoms with van der Waals surface area (Å²) in [5.41, 5.74) is 2.07. The highest BCUT2D eigenvalue weighted by Gasteiger charge is 2.15. The van der Waals surface area contributed by atoms with Crippen LogP contribution in [0.25, 0.3) is 0 Å². The summed E-state index contributed by atoms with van der Waals surface area (Å²) in [6.45, 7) is 2.55. The van der Waals surface area contributed by atoms with E-state index in [0.717, 1.165) is 23.3 Å². The zero-order chi connectivity index (χ0) is 20.6. The second-order valence-electron chi connectivity index (χ2n) is 6.34. The van der Waals surface area contributed by atoms with Crippen molar-refractivity contribution in [2.24, 2.45) is 0 Å². The normalized spacial score (nSPS) is 11.8. The Balaban J connectivity index is 1.56. The molecule has 0 spiro atoms. The van der Waals surface area contributed by atoms with E-state index in [-0.39, 0.29) is 17.7 Å². The molecule has 1 heterocycles. The molecule has 0 aliphatic heterocycles. The first-order valence-corrected chi connectivity index (χ1v) is 10.5. The number of carbonyl (C=O) groups excluding carboxylic acids is 1. The summed E-state index contributed by atoms with van der Waals surface area (Å²) in [7, 11) is 1.63. The fourth-order valence-corrected chi connectivity index (χ4v) is 3.60. The molecule has 1 unspecified atom stereocenters. The fourth-order valence-electron chi connectivity index (χ4n) is 2.79. The van der Waals surface area contributed by atoms with Gasteiger partial charge in [-0.15, -0.1) is 5.10 Å². The Morgan fingerprint density at radius 2 is 1.93 bits per heavy atom. The van der Waals surface area contributed by atoms with E-state index in [0.29, 0.717) is 16.7 Å². The molecule has 1 N–H and O–H groups in total. The lowest BCUT2D eigenvalue weighted by Crippen LogP contribution is -2.29. The number of tetrazole rings is 1. The van der Waals surface area contributed by atoms with E-state index in [4.69, 9.17) is 16.3 Å². The number of aromatic nitrogens is 4. The average molecular weight is 432 g/mol. The van der Waals surface area contributed by atoms with Crippen LogP contribution in [0.3, 0.4) is 0 Å². The summed E-state index contributed by atoms with van der Waals surface area (Å²) < 4.78 is 6.85. The zero-order valence-corrected chi connectivity index (χ0v) is 17.8. The number of nitrogens with zero attached hydrogens (tertiary/aromatic N) is 4. The lowest BCUT2D eigenvalue weighted by atomic mass is 10.0. The number of nitrogens with one attached hydrogen (secondary N) is 1. The molecule has 0 saturated heterocycles. The van der Waals surface area contributed by atoms with E-state index in [9.17, 15) is 4.79 Å². The summed E-state index contributed by atoms with van der Waals surface area (Å²) in [4.78, 5) is 12.4. The average Bonchev–Trinajstić information content (AvgIpc) is 3.18. The number of amides is 1. The molecular weight excluding hydrogens is 410 g/mol. The lowest BCUT2D eigenvalue weighted by molar-refractivity contribution is -0.119. The van der Waals surface area contributed by atoms with Gasteiger partial charge in [0.15, 0.2) is 0 Å². The SMILES string of the molecule is CCC(NC(=O)CSc1nnnn1Cc1ccc(OC)cc1)c1ccc(Cl)cc1. The van der Waals surface area contributed by atoms with Crippen LogP contribution in [0.5, 0.6) is 5.75 Å². The Hall–Kier alpha value is -2.58. The van der Waals surface area contributed by atoms with Crippen molar-refractivity contribution in [2.45, 2.75) is 31.1 Å². The van der Waals surface area contributed by atoms with Gasteiger partial charge in [0, 0.05) is 5.02 Å². The molecular formula is C20H22ClN5O2S. The molecule has 1 atom stereocenters. The van der Waals surface area contributed by atoms with Crippen LogP contribution in [-0.4, -0.2) is 39.0 Å². The molecule has 1 aromatic heterocycles. The smallest absolute Gasteiger partial charge is 0.230 e. The number of halogens is 1. The van der Waals surface area contributed by atoms with Gasteiger partial charge < -0.3 is 10.1 Å². The van der Waals surface area contributed by atoms with Crippen LogP contribution in [-0.2, 0) is 11.3 Å². The van der Waals surface area contributed by atoms with Gasteiger partial charge in [0.05, 0.1) is 25.4 Å². The quantitative estimate of drug-likeness (QED) is 0.519. The van der Waals surface area contributed by atoms with Crippen LogP contribution in [0.1, 0.15) is 30.5 Å². The van der Waals surface area contributed by atoms with E-state index in [1.807, 2.05) is 55.5 Å². The number of hydrogen-bond donors (Lipinski definition) is 1. The molecule has 29 heavy (non-hydrogen) atoms. The predicted octanol–water partition coefficient (Wildman–Crippen LogP) is 3.74. The zero-order valence-electron chi connectivity index (χ0n) is 16.2. The van der Waals surface area contributed by atoms with Gasteiger partial charge in [-0.25, -0.2) is 4.68 Å². The molecule has 7 nitrogen and oxygen atoms in total. The second kappa shape index (κ2) is 10.3. The van der Waals surface area contributed by atoms with Gasteiger partial charge in [0.1, 0.15) is 5.75 Å². The lowest BCUT2D eigenvalue weighted by Gasteiger charge is -2.17. The standard InChI is InChI=1S/C20H22ClN5O2S/c1-3-18(15-6-8-16(21)9-7-15)22-19(27)13-29-20-23-24-25-26(20)12-14-4-10-17(28-2)11-5-14/h4-11,18H,3,12-13H2,1-2H3,(H,22,27). The fraction of sp³-hybridized carbons (Fsp3) is 0.300. The van der Waals surface area contributed by atoms with Crippen molar-refractivity contribution in [2.75, 3.05) is 12.9 Å². The number of ether oxygens (including phenoxy) is 1. The van der Waals surface area contributed by atoms with Crippen molar-refractivity contribution in [1.29, 1.82) is 0 Å². The Bertz CT molecular complexity index is 931. The summed E-state index contributed by atoms with van der Waals surface area (Å²) in [5, 5.41) is 16.1. The van der Waals surface area contributed by atoms with Gasteiger partial charge in [-0.3, -0.25) is 4.79 Å². The minimum atomic E-state index is -0.0733. The third-order valence-corrected chi connectivity index (χ3v) is 5.55. The van der Waals surface area contributed by atoms with Crippen LogP contribution in [0, 0.1) is 0 Å². The second-order valence-corrected chi connectivity index (χ2v) is 7.71. The molecule has 3 aromatic rings. The molecule has 0 aliphatic carbocycles. The molecule has 2 aromatic carbocycles. The van der Waals surface area contributed by atoms with Crippen molar-refractivity contribution in [3.63, 3.8) is 0 Å². The summed E-state index contributed by atoms with van der Waals surface area (Å²) in [6, 6.07) is 15.2. The summed E-state index contributed by atoms with van der Waals surface area (Å²) in [5.74, 6) is 0.950. The Morgan fingerprint density at radius 3 is 2.59 bits per heavy atom. The van der Waals surface area contributed by atoms with E-state index >= 15 is 0 Å². The predicted molar refractivity (Wildman–Crippen MR) is 113 cm³/mol. The van der Waals surface area contributed by atoms with Gasteiger partial charge in [-0.05, 0) is 52.2 Å². The highest BCUT2D eigenvalue weighted by Crippen LogP contribution is 2.21. The highest BCUT2D eigenvalue weighted by molar-refractivity contribution is 7.99. The van der Waals surface area contributed by atoms with Crippen LogP contribution in [0.15, 0.2) is 53.7 Å². The summed E-state index contributed by atoms with van der Waals surface area (Å²) >= 11 is 7.25. The maximum Gasteiger partial charge on any atom is 0.230 e. The number of methoxy groups -OCH3 is 1. The number of rotatable bonds is 9. The maximum absolute atomic E-state index is 12.4. The molecule has 152 valence electrons. The van der Waals surface area contributed by atoms with Crippen molar-refractivity contribution >= 4 is 29.3 Å². The van der Waals surface area contributed by atoms with Gasteiger partial charge in [-0.1, -0.05) is 54.6 Å². The molecule has 0 aliphatic rings. The van der Waals surface area contributed by atoms with Gasteiger partial charge in [0.25, 0.3) is 0 Å². The Labute approximate surface area is 178 Å². The number of benzene rings is 2. The number of hydrogen-bond acceptors (Lipinski definition) is 6. The summed E-state index contributed by atoms with van der Waals surface area (Å²) in [6.07, 6.45) is 0.785. The van der Waals surface area contributed by atoms with Crippen LogP contribution < -0.4 is 10.1 Å². The van der Waals surface area contributed by atoms with Crippen LogP contribution in [0.2, 0.25) is 5.02 Å². The Morgan fingerprint density at radius 1 is 1.21 bits per heavy atom. The van der Waals surface area contributed by atoms with E-state index in [1.54, 1.807) is 11.8 Å². The van der Waals surface area contributed by atoms with Gasteiger partial charge >= 0.3 is 0 Å². The molecule has 0 fully saturated rings. The molecule has 0 radical (unpaired) electrons. The number of thioether (sulfide) groups is 1. The molecule has 0 saturated carbocycles. The van der Waals surface area contributed by atoms with Crippen LogP contribution in [0.4, 0.5) is 0 Å². The van der Waals surface area contributed by atoms with E-state index < -0.39 is 0 Å². The monoisotopic (exact) mass is 431 g/mol. The first-order chi connectivity index (χ1) is 14.1. The largest absolute Gasteiger partial charge is 0.497 e. The molecule has 9 heteroatoms. The third-order valence-electron chi connectivity index (χ3n) is 4.34. The van der Waals surface area contributed by atoms with Crippen molar-refractivity contribution < 1.29 is 9.53 Å². The minimum Gasteiger partial charge on any atom is -0.497 e. The minimum absolute atomic E-state index is 0.0596. The van der Waals surface area contributed by atoms with Crippen molar-refractivity contribution in [1.82, 2.24) is 25.5 Å². The third kappa shape index (κ3) is 5.95. The molecule has 0 bridgehead atoms. The van der Waals surface area contributed by atoms with Gasteiger partial charge in [0.2, 0.25) is 11.1 Å². The highest BCUT2D eigenvalue weighted by atomic mass is 35.5. The van der Waals surface area contributed by atoms with Crippen molar-refractivity contribution in [3.05, 3.63) is 64.7 Å².